The van der Waals surface area contributed by atoms with Crippen molar-refractivity contribution in [2.45, 2.75) is 32.9 Å². The van der Waals surface area contributed by atoms with Gasteiger partial charge in [0.15, 0.2) is 0 Å². The number of halogens is 1. The molecule has 2 N–H and O–H groups in total. The van der Waals surface area contributed by atoms with Crippen molar-refractivity contribution in [3.8, 4) is 0 Å². The minimum Gasteiger partial charge on any atom is -0.326 e. The number of nitrogens with zero attached hydrogens (tertiary/aromatic N) is 1. The van der Waals surface area contributed by atoms with E-state index in [0.717, 1.165) is 32.5 Å². The van der Waals surface area contributed by atoms with Gasteiger partial charge in [0.1, 0.15) is 5.01 Å². The molecule has 0 spiro atoms. The lowest BCUT2D eigenvalue weighted by molar-refractivity contribution is -0.115. The molecule has 3 aromatic rings. The minimum atomic E-state index is -0.0582. The minimum absolute atomic E-state index is 0.0582. The third kappa shape index (κ3) is 5.63. The monoisotopic (exact) mass is 399 g/mol. The topological polar surface area (TPSA) is 54.0 Å². The lowest BCUT2D eigenvalue weighted by atomic mass is 10.1. The summed E-state index contributed by atoms with van der Waals surface area (Å²) in [4.78, 5) is 16.7. The molecule has 3 rings (SSSR count). The molecule has 140 valence electrons. The van der Waals surface area contributed by atoms with Crippen LogP contribution in [0.2, 0.25) is 5.02 Å². The number of carbonyl (C=O) groups excluding carboxylic acids is 1. The number of benzene rings is 2. The average Bonchev–Trinajstić information content (AvgIpc) is 3.09. The van der Waals surface area contributed by atoms with E-state index in [1.54, 1.807) is 0 Å². The maximum absolute atomic E-state index is 12.2. The predicted molar refractivity (Wildman–Crippen MR) is 112 cm³/mol. The molecule has 0 bridgehead atoms. The predicted octanol–water partition coefficient (Wildman–Crippen LogP) is 5.14. The standard InChI is InChI=1S/C21H22ClN3OS/c1-14-7-9-16(10-8-14)24-20(26)11-21-25-17(13-27-21)12-23-15(2)18-5-3-4-6-19(18)22/h3-10,13,15,23H,11-12H2,1-2H3,(H,24,26). The van der Waals surface area contributed by atoms with Crippen molar-refractivity contribution in [3.63, 3.8) is 0 Å². The van der Waals surface area contributed by atoms with E-state index in [2.05, 4.69) is 22.5 Å². The van der Waals surface area contributed by atoms with Gasteiger partial charge in [0, 0.05) is 28.7 Å². The highest BCUT2D eigenvalue weighted by Crippen LogP contribution is 2.22. The van der Waals surface area contributed by atoms with Crippen LogP contribution in [0.15, 0.2) is 53.9 Å². The van der Waals surface area contributed by atoms with Crippen LogP contribution in [0, 0.1) is 6.92 Å². The Labute approximate surface area is 168 Å². The highest BCUT2D eigenvalue weighted by Gasteiger charge is 2.11. The summed E-state index contributed by atoms with van der Waals surface area (Å²) in [6, 6.07) is 15.7. The number of aryl methyl sites for hydroxylation is 1. The molecule has 0 aliphatic heterocycles. The highest BCUT2D eigenvalue weighted by molar-refractivity contribution is 7.09. The summed E-state index contributed by atoms with van der Waals surface area (Å²) in [6.45, 7) is 4.72. The van der Waals surface area contributed by atoms with E-state index in [4.69, 9.17) is 11.6 Å². The van der Waals surface area contributed by atoms with E-state index in [9.17, 15) is 4.79 Å². The maximum Gasteiger partial charge on any atom is 0.231 e. The molecule has 27 heavy (non-hydrogen) atoms. The molecule has 0 saturated carbocycles. The number of rotatable bonds is 7. The van der Waals surface area contributed by atoms with Crippen LogP contribution in [0.5, 0.6) is 0 Å². The van der Waals surface area contributed by atoms with Gasteiger partial charge in [-0.1, -0.05) is 47.5 Å². The molecule has 6 heteroatoms. The molecule has 2 aromatic carbocycles. The Kier molecular flexibility index (Phi) is 6.61. The summed E-state index contributed by atoms with van der Waals surface area (Å²) < 4.78 is 0. The number of amides is 1. The number of thiazole rings is 1. The zero-order valence-electron chi connectivity index (χ0n) is 15.3. The normalized spacial score (nSPS) is 12.0. The van der Waals surface area contributed by atoms with Gasteiger partial charge in [-0.2, -0.15) is 0 Å². The number of nitrogens with one attached hydrogen (secondary N) is 2. The number of anilines is 1. The Balaban J connectivity index is 1.51. The average molecular weight is 400 g/mol. The third-order valence-corrected chi connectivity index (χ3v) is 5.45. The van der Waals surface area contributed by atoms with Crippen LogP contribution in [0.1, 0.15) is 34.8 Å². The van der Waals surface area contributed by atoms with E-state index in [1.807, 2.05) is 60.8 Å². The van der Waals surface area contributed by atoms with E-state index in [-0.39, 0.29) is 18.4 Å². The van der Waals surface area contributed by atoms with Crippen molar-refractivity contribution >= 4 is 34.5 Å². The van der Waals surface area contributed by atoms with Crippen molar-refractivity contribution in [3.05, 3.63) is 80.8 Å². The van der Waals surface area contributed by atoms with Crippen LogP contribution in [-0.4, -0.2) is 10.9 Å². The van der Waals surface area contributed by atoms with E-state index < -0.39 is 0 Å². The van der Waals surface area contributed by atoms with Crippen molar-refractivity contribution in [2.24, 2.45) is 0 Å². The molecule has 4 nitrogen and oxygen atoms in total. The first-order valence-electron chi connectivity index (χ1n) is 8.79. The van der Waals surface area contributed by atoms with Gasteiger partial charge < -0.3 is 10.6 Å². The molecular weight excluding hydrogens is 378 g/mol. The molecule has 0 radical (unpaired) electrons. The lowest BCUT2D eigenvalue weighted by Crippen LogP contribution is -2.19. The van der Waals surface area contributed by atoms with Crippen molar-refractivity contribution in [2.75, 3.05) is 5.32 Å². The summed E-state index contributed by atoms with van der Waals surface area (Å²) in [5.41, 5.74) is 3.96. The Morgan fingerprint density at radius 2 is 1.93 bits per heavy atom. The first-order chi connectivity index (χ1) is 13.0. The zero-order chi connectivity index (χ0) is 19.2. The number of hydrogen-bond acceptors (Lipinski definition) is 4. The fourth-order valence-electron chi connectivity index (χ4n) is 2.68. The Morgan fingerprint density at radius 1 is 1.19 bits per heavy atom. The molecule has 1 aromatic heterocycles. The molecule has 0 aliphatic rings. The fraction of sp³-hybridized carbons (Fsp3) is 0.238. The van der Waals surface area contributed by atoms with Crippen LogP contribution >= 0.6 is 22.9 Å². The lowest BCUT2D eigenvalue weighted by Gasteiger charge is -2.14. The highest BCUT2D eigenvalue weighted by atomic mass is 35.5. The van der Waals surface area contributed by atoms with E-state index in [0.29, 0.717) is 6.54 Å². The summed E-state index contributed by atoms with van der Waals surface area (Å²) in [7, 11) is 0. The van der Waals surface area contributed by atoms with Crippen LogP contribution in [0.3, 0.4) is 0 Å². The number of hydrogen-bond donors (Lipinski definition) is 2. The van der Waals surface area contributed by atoms with Gasteiger partial charge in [-0.15, -0.1) is 11.3 Å². The zero-order valence-corrected chi connectivity index (χ0v) is 16.9. The number of aromatic nitrogens is 1. The van der Waals surface area contributed by atoms with Gasteiger partial charge in [-0.05, 0) is 37.6 Å². The second-order valence-electron chi connectivity index (χ2n) is 6.45. The Hall–Kier alpha value is -2.21. The first kappa shape index (κ1) is 19.5. The van der Waals surface area contributed by atoms with Crippen LogP contribution < -0.4 is 10.6 Å². The second-order valence-corrected chi connectivity index (χ2v) is 7.80. The molecule has 1 heterocycles. The van der Waals surface area contributed by atoms with Crippen molar-refractivity contribution in [1.82, 2.24) is 10.3 Å². The Morgan fingerprint density at radius 3 is 2.67 bits per heavy atom. The summed E-state index contributed by atoms with van der Waals surface area (Å²) in [6.07, 6.45) is 0.276. The van der Waals surface area contributed by atoms with Crippen LogP contribution in [0.4, 0.5) is 5.69 Å². The van der Waals surface area contributed by atoms with Gasteiger partial charge in [0.2, 0.25) is 5.91 Å². The van der Waals surface area contributed by atoms with Crippen molar-refractivity contribution in [1.29, 1.82) is 0 Å². The quantitative estimate of drug-likeness (QED) is 0.578. The molecule has 1 amide bonds. The number of carbonyl (C=O) groups is 1. The van der Waals surface area contributed by atoms with Crippen LogP contribution in [-0.2, 0) is 17.8 Å². The van der Waals surface area contributed by atoms with Gasteiger partial charge >= 0.3 is 0 Å². The molecule has 0 fully saturated rings. The van der Waals surface area contributed by atoms with Crippen LogP contribution in [0.25, 0.3) is 0 Å². The molecule has 1 atom stereocenters. The van der Waals surface area contributed by atoms with Gasteiger partial charge in [-0.25, -0.2) is 4.98 Å². The molecule has 0 aliphatic carbocycles. The second kappa shape index (κ2) is 9.13. The van der Waals surface area contributed by atoms with Crippen molar-refractivity contribution < 1.29 is 4.79 Å². The fourth-order valence-corrected chi connectivity index (χ4v) is 3.78. The first-order valence-corrected chi connectivity index (χ1v) is 10.0. The van der Waals surface area contributed by atoms with Gasteiger partial charge in [0.25, 0.3) is 0 Å². The largest absolute Gasteiger partial charge is 0.326 e. The van der Waals surface area contributed by atoms with Gasteiger partial charge in [-0.3, -0.25) is 4.79 Å². The summed E-state index contributed by atoms with van der Waals surface area (Å²) >= 11 is 7.74. The third-order valence-electron chi connectivity index (χ3n) is 4.21. The molecule has 0 saturated heterocycles. The van der Waals surface area contributed by atoms with E-state index >= 15 is 0 Å². The van der Waals surface area contributed by atoms with E-state index in [1.165, 1.54) is 11.3 Å². The maximum atomic E-state index is 12.2. The molecular formula is C21H22ClN3OS. The van der Waals surface area contributed by atoms with Gasteiger partial charge in [0.05, 0.1) is 12.1 Å². The smallest absolute Gasteiger partial charge is 0.231 e. The summed E-state index contributed by atoms with van der Waals surface area (Å²) in [5, 5.41) is 9.88. The summed E-state index contributed by atoms with van der Waals surface area (Å²) in [5.74, 6) is -0.0582. The molecule has 1 unspecified atom stereocenters. The Bertz CT molecular complexity index is 908. The SMILES string of the molecule is Cc1ccc(NC(=O)Cc2nc(CNC(C)c3ccccc3Cl)cs2)cc1.